The van der Waals surface area contributed by atoms with Crippen LogP contribution in [0.25, 0.3) is 0 Å². The average Bonchev–Trinajstić information content (AvgIpc) is 3.19. The van der Waals surface area contributed by atoms with E-state index < -0.39 is 64.6 Å². The van der Waals surface area contributed by atoms with E-state index in [0.717, 1.165) is 6.42 Å². The second kappa shape index (κ2) is 13.4. The van der Waals surface area contributed by atoms with E-state index in [1.807, 2.05) is 48.5 Å². The molecule has 1 unspecified atom stereocenters. The number of Topliss-reactive ketones (excluding diaryl/α,β-unsaturated/α-hetero) is 1. The summed E-state index contributed by atoms with van der Waals surface area (Å²) < 4.78 is 5.40. The lowest BCUT2D eigenvalue weighted by Gasteiger charge is -2.38. The molecular formula is C30H51N5O7. The highest BCUT2D eigenvalue weighted by Gasteiger charge is 2.70. The number of rotatable bonds is 12. The van der Waals surface area contributed by atoms with Gasteiger partial charge in [-0.25, -0.2) is 4.79 Å². The maximum atomic E-state index is 14.0. The smallest absolute Gasteiger partial charge is 0.408 e. The van der Waals surface area contributed by atoms with Gasteiger partial charge in [0.1, 0.15) is 17.7 Å². The summed E-state index contributed by atoms with van der Waals surface area (Å²) in [6.45, 7) is 18.9. The van der Waals surface area contributed by atoms with Gasteiger partial charge in [0.2, 0.25) is 23.5 Å². The Morgan fingerprint density at radius 2 is 1.55 bits per heavy atom. The number of hydrogen-bond donors (Lipinski definition) is 4. The summed E-state index contributed by atoms with van der Waals surface area (Å²) in [5.41, 5.74) is -1.65. The molecule has 42 heavy (non-hydrogen) atoms. The molecule has 238 valence electrons. The van der Waals surface area contributed by atoms with Crippen LogP contribution in [0, 0.1) is 22.7 Å². The van der Waals surface area contributed by atoms with Gasteiger partial charge < -0.3 is 30.9 Å². The van der Waals surface area contributed by atoms with Gasteiger partial charge in [-0.05, 0) is 56.3 Å². The van der Waals surface area contributed by atoms with Gasteiger partial charge in [0.15, 0.2) is 0 Å². The van der Waals surface area contributed by atoms with Crippen LogP contribution >= 0.6 is 0 Å². The Kier molecular flexibility index (Phi) is 11.2. The van der Waals surface area contributed by atoms with E-state index in [2.05, 4.69) is 21.3 Å². The number of likely N-dealkylation sites (tertiary alicyclic amines) is 1. The molecule has 1 saturated carbocycles. The van der Waals surface area contributed by atoms with Gasteiger partial charge >= 0.3 is 6.09 Å². The molecule has 12 nitrogen and oxygen atoms in total. The molecule has 1 aliphatic carbocycles. The molecular weight excluding hydrogens is 542 g/mol. The minimum absolute atomic E-state index is 0.0737. The second-order valence-corrected chi connectivity index (χ2v) is 14.1. The quantitative estimate of drug-likeness (QED) is 0.251. The molecule has 2 aliphatic rings. The number of piperidine rings is 1. The predicted molar refractivity (Wildman–Crippen MR) is 157 cm³/mol. The Labute approximate surface area is 249 Å². The van der Waals surface area contributed by atoms with E-state index in [1.54, 1.807) is 20.8 Å². The lowest BCUT2D eigenvalue weighted by atomic mass is 9.85. The van der Waals surface area contributed by atoms with Crippen LogP contribution in [0.1, 0.15) is 88.5 Å². The van der Waals surface area contributed by atoms with Crippen molar-refractivity contribution in [3.63, 3.8) is 0 Å². The standard InChI is InChI=1S/C30H51N5O7/c1-11-13-18(22(37)25(39)32-15-19(36)31-14-12-2)33-24(38)21-20-17(30(20,9)10)16-35(21)26(40)23(28(3,4)5)34-27(41)42-29(6,7)8/h17-18,20-21,23H,11-16H2,1-10H3,(H,31,36)(H,32,39)(H,33,38)(H,34,41)/t17-,18?,20-,21-,23+/m0/s1. The van der Waals surface area contributed by atoms with Gasteiger partial charge in [-0.2, -0.15) is 0 Å². The van der Waals surface area contributed by atoms with E-state index in [4.69, 9.17) is 4.74 Å². The Morgan fingerprint density at radius 1 is 0.929 bits per heavy atom. The Balaban J connectivity index is 2.23. The number of carbonyl (C=O) groups is 6. The molecule has 0 bridgehead atoms. The fraction of sp³-hybridized carbons (Fsp3) is 0.800. The van der Waals surface area contributed by atoms with Crippen molar-refractivity contribution in [1.29, 1.82) is 0 Å². The topological polar surface area (TPSA) is 163 Å². The molecule has 0 aromatic heterocycles. The number of carbonyl (C=O) groups excluding carboxylic acids is 6. The van der Waals surface area contributed by atoms with Gasteiger partial charge in [-0.1, -0.05) is 54.9 Å². The monoisotopic (exact) mass is 593 g/mol. The number of ketones is 1. The molecule has 2 rings (SSSR count). The zero-order valence-corrected chi connectivity index (χ0v) is 26.9. The third-order valence-electron chi connectivity index (χ3n) is 7.95. The molecule has 5 amide bonds. The lowest BCUT2D eigenvalue weighted by Crippen LogP contribution is -2.60. The fourth-order valence-electron chi connectivity index (χ4n) is 5.60. The number of amides is 5. The van der Waals surface area contributed by atoms with Crippen LogP contribution in [-0.4, -0.2) is 83.8 Å². The number of ether oxygens (including phenoxy) is 1. The van der Waals surface area contributed by atoms with Crippen LogP contribution in [-0.2, 0) is 28.7 Å². The molecule has 2 fully saturated rings. The first-order valence-corrected chi connectivity index (χ1v) is 14.9. The molecule has 0 spiro atoms. The third-order valence-corrected chi connectivity index (χ3v) is 7.95. The number of hydrogen-bond acceptors (Lipinski definition) is 7. The first-order chi connectivity index (χ1) is 19.3. The summed E-state index contributed by atoms with van der Waals surface area (Å²) in [6, 6.07) is -2.96. The number of alkyl carbamates (subject to hydrolysis) is 1. The first kappa shape index (κ1) is 35.0. The summed E-state index contributed by atoms with van der Waals surface area (Å²) >= 11 is 0. The summed E-state index contributed by atoms with van der Waals surface area (Å²) in [6.07, 6.45) is 0.723. The lowest BCUT2D eigenvalue weighted by molar-refractivity contribution is -0.145. The highest BCUT2D eigenvalue weighted by molar-refractivity contribution is 6.38. The third kappa shape index (κ3) is 8.67. The molecule has 0 aromatic carbocycles. The minimum Gasteiger partial charge on any atom is -0.444 e. The van der Waals surface area contributed by atoms with Crippen molar-refractivity contribution in [2.24, 2.45) is 22.7 Å². The SMILES string of the molecule is CCCNC(=O)CNC(=O)C(=O)C(CCC)NC(=O)[C@@H]1[C@@H]2[C@H](CN1C(=O)[C@@H](NC(=O)OC(C)(C)C)C(C)(C)C)C2(C)C. The van der Waals surface area contributed by atoms with Crippen LogP contribution in [0.2, 0.25) is 0 Å². The number of nitrogens with zero attached hydrogens (tertiary/aromatic N) is 1. The van der Waals surface area contributed by atoms with Crippen LogP contribution in [0.4, 0.5) is 4.79 Å². The van der Waals surface area contributed by atoms with Crippen molar-refractivity contribution in [2.75, 3.05) is 19.6 Å². The largest absolute Gasteiger partial charge is 0.444 e. The van der Waals surface area contributed by atoms with Gasteiger partial charge in [0, 0.05) is 13.1 Å². The van der Waals surface area contributed by atoms with Gasteiger partial charge in [-0.3, -0.25) is 24.0 Å². The molecule has 4 N–H and O–H groups in total. The molecule has 0 aromatic rings. The molecule has 1 aliphatic heterocycles. The van der Waals surface area contributed by atoms with Crippen LogP contribution in [0.5, 0.6) is 0 Å². The van der Waals surface area contributed by atoms with E-state index in [1.165, 1.54) is 4.90 Å². The fourth-order valence-corrected chi connectivity index (χ4v) is 5.60. The summed E-state index contributed by atoms with van der Waals surface area (Å²) in [4.78, 5) is 79.4. The van der Waals surface area contributed by atoms with Gasteiger partial charge in [0.05, 0.1) is 12.6 Å². The summed E-state index contributed by atoms with van der Waals surface area (Å²) in [7, 11) is 0. The van der Waals surface area contributed by atoms with Crippen molar-refractivity contribution in [1.82, 2.24) is 26.2 Å². The maximum absolute atomic E-state index is 14.0. The molecule has 1 saturated heterocycles. The van der Waals surface area contributed by atoms with Gasteiger partial charge in [0.25, 0.3) is 5.91 Å². The number of nitrogens with one attached hydrogen (secondary N) is 4. The first-order valence-electron chi connectivity index (χ1n) is 14.9. The van der Waals surface area contributed by atoms with Crippen molar-refractivity contribution in [3.05, 3.63) is 0 Å². The molecule has 0 radical (unpaired) electrons. The van der Waals surface area contributed by atoms with Crippen LogP contribution in [0.3, 0.4) is 0 Å². The zero-order valence-electron chi connectivity index (χ0n) is 26.9. The second-order valence-electron chi connectivity index (χ2n) is 14.1. The number of fused-ring (bicyclic) bond motifs is 1. The van der Waals surface area contributed by atoms with Crippen LogP contribution in [0.15, 0.2) is 0 Å². The van der Waals surface area contributed by atoms with Gasteiger partial charge in [-0.15, -0.1) is 0 Å². The van der Waals surface area contributed by atoms with Crippen molar-refractivity contribution < 1.29 is 33.5 Å². The van der Waals surface area contributed by atoms with Crippen molar-refractivity contribution >= 4 is 35.5 Å². The van der Waals surface area contributed by atoms with Crippen molar-refractivity contribution in [2.45, 2.75) is 112 Å². The van der Waals surface area contributed by atoms with E-state index >= 15 is 0 Å². The Hall–Kier alpha value is -3.18. The summed E-state index contributed by atoms with van der Waals surface area (Å²) in [5.74, 6) is -3.22. The van der Waals surface area contributed by atoms with E-state index in [9.17, 15) is 28.8 Å². The normalized spacial score (nSPS) is 22.2. The predicted octanol–water partition coefficient (Wildman–Crippen LogP) is 1.91. The van der Waals surface area contributed by atoms with E-state index in [-0.39, 0.29) is 30.2 Å². The highest BCUT2D eigenvalue weighted by atomic mass is 16.6. The van der Waals surface area contributed by atoms with Crippen LogP contribution < -0.4 is 21.3 Å². The van der Waals surface area contributed by atoms with E-state index in [0.29, 0.717) is 19.5 Å². The molecule has 5 atom stereocenters. The molecule has 1 heterocycles. The Morgan fingerprint density at radius 3 is 2.07 bits per heavy atom. The zero-order chi connectivity index (χ0) is 32.2. The highest BCUT2D eigenvalue weighted by Crippen LogP contribution is 2.65. The minimum atomic E-state index is -1.11. The maximum Gasteiger partial charge on any atom is 0.408 e. The Bertz CT molecular complexity index is 1060. The molecule has 12 heteroatoms. The summed E-state index contributed by atoms with van der Waals surface area (Å²) in [5, 5.41) is 10.4. The van der Waals surface area contributed by atoms with Crippen molar-refractivity contribution in [3.8, 4) is 0 Å². The average molecular weight is 594 g/mol.